The van der Waals surface area contributed by atoms with Crippen LogP contribution in [0.3, 0.4) is 0 Å². The van der Waals surface area contributed by atoms with E-state index in [2.05, 4.69) is 50.9 Å². The molecule has 0 amide bonds. The van der Waals surface area contributed by atoms with Crippen molar-refractivity contribution in [3.05, 3.63) is 34.9 Å². The first-order valence-corrected chi connectivity index (χ1v) is 6.23. The van der Waals surface area contributed by atoms with E-state index in [1.807, 2.05) is 0 Å². The molecule has 0 aromatic heterocycles. The van der Waals surface area contributed by atoms with Crippen LogP contribution in [0.5, 0.6) is 0 Å². The molecule has 1 aliphatic rings. The van der Waals surface area contributed by atoms with Crippen molar-refractivity contribution < 1.29 is 0 Å². The molecule has 16 heavy (non-hydrogen) atoms. The van der Waals surface area contributed by atoms with Gasteiger partial charge >= 0.3 is 0 Å². The number of fused-ring (bicyclic) bond motifs is 1. The molecule has 0 fully saturated rings. The summed E-state index contributed by atoms with van der Waals surface area (Å²) in [5.74, 6) is 0. The topological polar surface area (TPSA) is 3.24 Å². The summed E-state index contributed by atoms with van der Waals surface area (Å²) in [5.41, 5.74) is 4.96. The van der Waals surface area contributed by atoms with Crippen molar-refractivity contribution in [2.75, 3.05) is 13.6 Å². The first kappa shape index (κ1) is 11.7. The van der Waals surface area contributed by atoms with E-state index >= 15 is 0 Å². The van der Waals surface area contributed by atoms with Gasteiger partial charge in [-0.1, -0.05) is 39.0 Å². The molecule has 0 aliphatic carbocycles. The predicted molar refractivity (Wildman–Crippen MR) is 69.6 cm³/mol. The fourth-order valence-electron chi connectivity index (χ4n) is 2.47. The van der Waals surface area contributed by atoms with Crippen molar-refractivity contribution in [1.29, 1.82) is 0 Å². The zero-order valence-electron chi connectivity index (χ0n) is 11.0. The Balaban J connectivity index is 2.21. The van der Waals surface area contributed by atoms with Crippen LogP contribution in [0.1, 0.15) is 37.5 Å². The highest BCUT2D eigenvalue weighted by molar-refractivity contribution is 5.34. The maximum absolute atomic E-state index is 2.41. The Bertz CT molecular complexity index is 374. The lowest BCUT2D eigenvalue weighted by Crippen LogP contribution is -2.26. The van der Waals surface area contributed by atoms with Crippen LogP contribution in [0.2, 0.25) is 0 Å². The molecule has 0 spiro atoms. The van der Waals surface area contributed by atoms with E-state index in [0.717, 1.165) is 6.54 Å². The molecule has 1 aromatic rings. The van der Waals surface area contributed by atoms with Gasteiger partial charge in [0.1, 0.15) is 0 Å². The second-order valence-corrected chi connectivity index (χ2v) is 6.33. The summed E-state index contributed by atoms with van der Waals surface area (Å²) in [5, 5.41) is 0. The Morgan fingerprint density at radius 2 is 1.94 bits per heavy atom. The molecule has 0 unspecified atom stereocenters. The van der Waals surface area contributed by atoms with Crippen LogP contribution in [0.25, 0.3) is 0 Å². The van der Waals surface area contributed by atoms with E-state index in [1.54, 1.807) is 5.56 Å². The summed E-state index contributed by atoms with van der Waals surface area (Å²) in [6, 6.07) is 7.06. The number of likely N-dealkylation sites (N-methyl/N-ethyl adjacent to an activating group) is 1. The molecule has 1 aliphatic heterocycles. The molecule has 1 heteroatoms. The minimum Gasteiger partial charge on any atom is -0.302 e. The minimum atomic E-state index is 0.384. The van der Waals surface area contributed by atoms with Gasteiger partial charge in [-0.3, -0.25) is 0 Å². The monoisotopic (exact) mass is 217 g/mol. The molecule has 1 aromatic carbocycles. The van der Waals surface area contributed by atoms with Gasteiger partial charge < -0.3 is 4.90 Å². The molecule has 1 heterocycles. The zero-order chi connectivity index (χ0) is 11.8. The number of hydrogen-bond donors (Lipinski definition) is 0. The Labute approximate surface area is 99.5 Å². The molecule has 0 radical (unpaired) electrons. The first-order chi connectivity index (χ1) is 7.44. The molecule has 0 saturated heterocycles. The highest BCUT2D eigenvalue weighted by atomic mass is 15.1. The lowest BCUT2D eigenvalue weighted by molar-refractivity contribution is 0.312. The van der Waals surface area contributed by atoms with Crippen molar-refractivity contribution in [3.8, 4) is 0 Å². The number of hydrogen-bond acceptors (Lipinski definition) is 1. The predicted octanol–water partition coefficient (Wildman–Crippen LogP) is 3.26. The van der Waals surface area contributed by atoms with E-state index < -0.39 is 0 Å². The molecule has 0 atom stereocenters. The fraction of sp³-hybridized carbons (Fsp3) is 0.600. The fourth-order valence-corrected chi connectivity index (χ4v) is 2.47. The largest absolute Gasteiger partial charge is 0.302 e. The van der Waals surface area contributed by atoms with E-state index in [9.17, 15) is 0 Å². The summed E-state index contributed by atoms with van der Waals surface area (Å²) in [6.45, 7) is 9.23. The third kappa shape index (κ3) is 2.85. The number of rotatable bonds is 1. The molecule has 0 bridgehead atoms. The van der Waals surface area contributed by atoms with Crippen LogP contribution >= 0.6 is 0 Å². The molecule has 0 N–H and O–H groups in total. The molecule has 1 nitrogen and oxygen atoms in total. The van der Waals surface area contributed by atoms with Crippen LogP contribution in [-0.2, 0) is 19.4 Å². The van der Waals surface area contributed by atoms with Gasteiger partial charge in [-0.15, -0.1) is 0 Å². The van der Waals surface area contributed by atoms with Gasteiger partial charge in [0.2, 0.25) is 0 Å². The zero-order valence-corrected chi connectivity index (χ0v) is 11.0. The van der Waals surface area contributed by atoms with Gasteiger partial charge in [0.15, 0.2) is 0 Å². The van der Waals surface area contributed by atoms with E-state index in [4.69, 9.17) is 0 Å². The molecule has 88 valence electrons. The van der Waals surface area contributed by atoms with Crippen molar-refractivity contribution >= 4 is 0 Å². The summed E-state index contributed by atoms with van der Waals surface area (Å²) < 4.78 is 0. The molecule has 2 rings (SSSR count). The number of benzene rings is 1. The quantitative estimate of drug-likeness (QED) is 0.698. The average molecular weight is 217 g/mol. The van der Waals surface area contributed by atoms with Gasteiger partial charge in [0.25, 0.3) is 0 Å². The van der Waals surface area contributed by atoms with Crippen LogP contribution in [0, 0.1) is 5.41 Å². The SMILES string of the molecule is CN1CCc2ccc(CC(C)(C)C)cc2C1. The van der Waals surface area contributed by atoms with Crippen LogP contribution in [-0.4, -0.2) is 18.5 Å². The van der Waals surface area contributed by atoms with Gasteiger partial charge in [0, 0.05) is 13.1 Å². The normalized spacial score (nSPS) is 17.2. The average Bonchev–Trinajstić information content (AvgIpc) is 2.14. The van der Waals surface area contributed by atoms with Crippen molar-refractivity contribution in [2.24, 2.45) is 5.41 Å². The lowest BCUT2D eigenvalue weighted by atomic mass is 9.86. The van der Waals surface area contributed by atoms with Crippen molar-refractivity contribution in [1.82, 2.24) is 4.90 Å². The second-order valence-electron chi connectivity index (χ2n) is 6.33. The van der Waals surface area contributed by atoms with Crippen LogP contribution in [0.15, 0.2) is 18.2 Å². The van der Waals surface area contributed by atoms with Crippen molar-refractivity contribution in [2.45, 2.75) is 40.2 Å². The maximum Gasteiger partial charge on any atom is 0.0233 e. The highest BCUT2D eigenvalue weighted by Gasteiger charge is 2.16. The minimum absolute atomic E-state index is 0.384. The lowest BCUT2D eigenvalue weighted by Gasteiger charge is -2.26. The third-order valence-electron chi connectivity index (χ3n) is 3.21. The summed E-state index contributed by atoms with van der Waals surface area (Å²) in [7, 11) is 2.21. The summed E-state index contributed by atoms with van der Waals surface area (Å²) >= 11 is 0. The molecular weight excluding hydrogens is 194 g/mol. The summed E-state index contributed by atoms with van der Waals surface area (Å²) in [4.78, 5) is 2.41. The van der Waals surface area contributed by atoms with Gasteiger partial charge in [-0.05, 0) is 42.0 Å². The van der Waals surface area contributed by atoms with Crippen molar-refractivity contribution in [3.63, 3.8) is 0 Å². The Kier molecular flexibility index (Phi) is 3.07. The van der Waals surface area contributed by atoms with E-state index in [-0.39, 0.29) is 0 Å². The Hall–Kier alpha value is -0.820. The van der Waals surface area contributed by atoms with Gasteiger partial charge in [-0.25, -0.2) is 0 Å². The second kappa shape index (κ2) is 4.21. The highest BCUT2D eigenvalue weighted by Crippen LogP contribution is 2.24. The van der Waals surface area contributed by atoms with Crippen LogP contribution < -0.4 is 0 Å². The first-order valence-electron chi connectivity index (χ1n) is 6.23. The van der Waals surface area contributed by atoms with Crippen LogP contribution in [0.4, 0.5) is 0 Å². The maximum atomic E-state index is 2.41. The van der Waals surface area contributed by atoms with Gasteiger partial charge in [-0.2, -0.15) is 0 Å². The van der Waals surface area contributed by atoms with Gasteiger partial charge in [0.05, 0.1) is 0 Å². The molecular formula is C15H23N. The number of nitrogens with zero attached hydrogens (tertiary/aromatic N) is 1. The van der Waals surface area contributed by atoms with E-state index in [0.29, 0.717) is 5.41 Å². The third-order valence-corrected chi connectivity index (χ3v) is 3.21. The van der Waals surface area contributed by atoms with E-state index in [1.165, 1.54) is 30.5 Å². The standard InChI is InChI=1S/C15H23N/c1-15(2,3)10-12-5-6-13-7-8-16(4)11-14(13)9-12/h5-6,9H,7-8,10-11H2,1-4H3. The molecule has 0 saturated carbocycles. The smallest absolute Gasteiger partial charge is 0.0233 e. The Morgan fingerprint density at radius 1 is 1.19 bits per heavy atom. The Morgan fingerprint density at radius 3 is 2.62 bits per heavy atom. The summed E-state index contributed by atoms with van der Waals surface area (Å²) in [6.07, 6.45) is 2.38.